The Balaban J connectivity index is 1.95. The maximum Gasteiger partial charge on any atom is 0.0893 e. The molecule has 0 spiro atoms. The van der Waals surface area contributed by atoms with Gasteiger partial charge in [0.25, 0.3) is 0 Å². The molecule has 0 bridgehead atoms. The Morgan fingerprint density at radius 1 is 1.26 bits per heavy atom. The van der Waals surface area contributed by atoms with Crippen LogP contribution in [0.4, 0.5) is 5.69 Å². The molecule has 0 saturated carbocycles. The summed E-state index contributed by atoms with van der Waals surface area (Å²) in [7, 11) is 1.81. The third-order valence-electron chi connectivity index (χ3n) is 4.98. The van der Waals surface area contributed by atoms with Crippen molar-refractivity contribution in [2.75, 3.05) is 32.2 Å². The summed E-state index contributed by atoms with van der Waals surface area (Å²) < 4.78 is 11.4. The van der Waals surface area contributed by atoms with Crippen LogP contribution in [-0.4, -0.2) is 37.5 Å². The molecule has 0 radical (unpaired) electrons. The van der Waals surface area contributed by atoms with E-state index in [4.69, 9.17) is 14.5 Å². The molecule has 1 aromatic carbocycles. The number of benzene rings is 1. The lowest BCUT2D eigenvalue weighted by atomic mass is 9.93. The number of nitrogens with one attached hydrogen (secondary N) is 1. The van der Waals surface area contributed by atoms with E-state index in [1.54, 1.807) is 0 Å². The van der Waals surface area contributed by atoms with Crippen molar-refractivity contribution in [3.05, 3.63) is 35.5 Å². The Hall–Kier alpha value is -1.65. The van der Waals surface area contributed by atoms with Gasteiger partial charge in [-0.2, -0.15) is 0 Å². The summed E-state index contributed by atoms with van der Waals surface area (Å²) in [6, 6.07) is 8.34. The normalized spacial score (nSPS) is 17.3. The number of fused-ring (bicyclic) bond motifs is 1. The average molecular weight is 314 g/mol. The lowest BCUT2D eigenvalue weighted by Crippen LogP contribution is -2.44. The quantitative estimate of drug-likeness (QED) is 0.913. The van der Waals surface area contributed by atoms with E-state index in [2.05, 4.69) is 37.4 Å². The van der Waals surface area contributed by atoms with Crippen molar-refractivity contribution in [3.63, 3.8) is 0 Å². The first-order chi connectivity index (χ1) is 11.2. The van der Waals surface area contributed by atoms with E-state index in [9.17, 15) is 0 Å². The first kappa shape index (κ1) is 16.2. The Bertz CT molecular complexity index is 678. The second-order valence-electron chi connectivity index (χ2n) is 6.27. The van der Waals surface area contributed by atoms with Crippen molar-refractivity contribution in [3.8, 4) is 0 Å². The smallest absolute Gasteiger partial charge is 0.0893 e. The van der Waals surface area contributed by atoms with Gasteiger partial charge in [-0.3, -0.25) is 4.98 Å². The Morgan fingerprint density at radius 3 is 2.70 bits per heavy atom. The van der Waals surface area contributed by atoms with Gasteiger partial charge in [-0.25, -0.2) is 0 Å². The van der Waals surface area contributed by atoms with Crippen molar-refractivity contribution in [2.24, 2.45) is 0 Å². The molecule has 0 amide bonds. The summed E-state index contributed by atoms with van der Waals surface area (Å²) in [6.45, 7) is 6.62. The van der Waals surface area contributed by atoms with Crippen molar-refractivity contribution in [2.45, 2.75) is 38.7 Å². The molecule has 1 fully saturated rings. The van der Waals surface area contributed by atoms with Crippen molar-refractivity contribution >= 4 is 16.6 Å². The predicted octanol–water partition coefficient (Wildman–Crippen LogP) is 3.71. The average Bonchev–Trinajstić information content (AvgIpc) is 2.60. The number of para-hydroxylation sites is 1. The highest BCUT2D eigenvalue weighted by molar-refractivity contribution is 5.93. The molecule has 0 atom stereocenters. The third kappa shape index (κ3) is 3.19. The van der Waals surface area contributed by atoms with Gasteiger partial charge in [-0.1, -0.05) is 25.1 Å². The Kier molecular flexibility index (Phi) is 4.83. The molecule has 124 valence electrons. The zero-order valence-electron chi connectivity index (χ0n) is 14.3. The number of methoxy groups -OCH3 is 1. The molecule has 1 aliphatic rings. The van der Waals surface area contributed by atoms with Gasteiger partial charge in [0, 0.05) is 56.5 Å². The number of pyridine rings is 1. The largest absolute Gasteiger partial charge is 0.381 e. The maximum absolute atomic E-state index is 5.86. The molecule has 1 saturated heterocycles. The SMILES string of the molecule is CCc1c(C)nc2ccccc2c1NCC1(OC)CCOCC1. The summed E-state index contributed by atoms with van der Waals surface area (Å²) in [5.74, 6) is 0. The maximum atomic E-state index is 5.86. The number of anilines is 1. The number of hydrogen-bond donors (Lipinski definition) is 1. The van der Waals surface area contributed by atoms with Crippen LogP contribution in [0.25, 0.3) is 10.9 Å². The van der Waals surface area contributed by atoms with Gasteiger partial charge in [0.1, 0.15) is 0 Å². The summed E-state index contributed by atoms with van der Waals surface area (Å²) in [5, 5.41) is 4.88. The molecule has 0 unspecified atom stereocenters. The highest BCUT2D eigenvalue weighted by Gasteiger charge is 2.32. The van der Waals surface area contributed by atoms with Crippen LogP contribution < -0.4 is 5.32 Å². The van der Waals surface area contributed by atoms with Gasteiger partial charge >= 0.3 is 0 Å². The molecule has 23 heavy (non-hydrogen) atoms. The fourth-order valence-corrected chi connectivity index (χ4v) is 3.45. The van der Waals surface area contributed by atoms with Crippen LogP contribution in [0.1, 0.15) is 31.0 Å². The fourth-order valence-electron chi connectivity index (χ4n) is 3.45. The minimum Gasteiger partial charge on any atom is -0.381 e. The van der Waals surface area contributed by atoms with Gasteiger partial charge in [-0.15, -0.1) is 0 Å². The van der Waals surface area contributed by atoms with Crippen molar-refractivity contribution < 1.29 is 9.47 Å². The van der Waals surface area contributed by atoms with Gasteiger partial charge in [0.15, 0.2) is 0 Å². The van der Waals surface area contributed by atoms with E-state index in [-0.39, 0.29) is 5.60 Å². The topological polar surface area (TPSA) is 43.4 Å². The van der Waals surface area contributed by atoms with E-state index < -0.39 is 0 Å². The summed E-state index contributed by atoms with van der Waals surface area (Å²) in [6.07, 6.45) is 2.83. The van der Waals surface area contributed by atoms with Gasteiger partial charge in [0.05, 0.1) is 11.1 Å². The van der Waals surface area contributed by atoms with Gasteiger partial charge in [-0.05, 0) is 25.0 Å². The van der Waals surface area contributed by atoms with E-state index >= 15 is 0 Å². The highest BCUT2D eigenvalue weighted by atomic mass is 16.5. The van der Waals surface area contributed by atoms with Crippen LogP contribution in [0.3, 0.4) is 0 Å². The van der Waals surface area contributed by atoms with Crippen LogP contribution in [0.15, 0.2) is 24.3 Å². The molecule has 2 aromatic rings. The molecule has 0 aliphatic carbocycles. The molecule has 1 aromatic heterocycles. The standard InChI is InChI=1S/C19H26N2O2/c1-4-15-14(2)21-17-8-6-5-7-16(17)18(15)20-13-19(22-3)9-11-23-12-10-19/h5-8H,4,9-13H2,1-3H3,(H,20,21). The first-order valence-corrected chi connectivity index (χ1v) is 8.44. The number of aryl methyl sites for hydroxylation is 1. The molecule has 4 heteroatoms. The zero-order valence-corrected chi connectivity index (χ0v) is 14.3. The lowest BCUT2D eigenvalue weighted by Gasteiger charge is -2.36. The van der Waals surface area contributed by atoms with E-state index in [1.165, 1.54) is 16.6 Å². The van der Waals surface area contributed by atoms with Crippen LogP contribution in [0.5, 0.6) is 0 Å². The van der Waals surface area contributed by atoms with Crippen LogP contribution in [0.2, 0.25) is 0 Å². The Labute approximate surface area is 138 Å². The zero-order chi connectivity index (χ0) is 16.3. The van der Waals surface area contributed by atoms with Gasteiger partial charge < -0.3 is 14.8 Å². The number of hydrogen-bond acceptors (Lipinski definition) is 4. The summed E-state index contributed by atoms with van der Waals surface area (Å²) >= 11 is 0. The first-order valence-electron chi connectivity index (χ1n) is 8.44. The number of aromatic nitrogens is 1. The fraction of sp³-hybridized carbons (Fsp3) is 0.526. The minimum absolute atomic E-state index is 0.137. The molecular formula is C19H26N2O2. The molecule has 3 rings (SSSR count). The molecule has 1 aliphatic heterocycles. The van der Waals surface area contributed by atoms with Crippen LogP contribution >= 0.6 is 0 Å². The summed E-state index contributed by atoms with van der Waals surface area (Å²) in [5.41, 5.74) is 4.51. The van der Waals surface area contributed by atoms with Gasteiger partial charge in [0.2, 0.25) is 0 Å². The molecule has 1 N–H and O–H groups in total. The third-order valence-corrected chi connectivity index (χ3v) is 4.98. The second-order valence-corrected chi connectivity index (χ2v) is 6.27. The van der Waals surface area contributed by atoms with Crippen LogP contribution in [0, 0.1) is 6.92 Å². The molecule has 4 nitrogen and oxygen atoms in total. The second kappa shape index (κ2) is 6.85. The van der Waals surface area contributed by atoms with Crippen LogP contribution in [-0.2, 0) is 15.9 Å². The summed E-state index contributed by atoms with van der Waals surface area (Å²) in [4.78, 5) is 4.75. The van der Waals surface area contributed by atoms with E-state index in [0.29, 0.717) is 0 Å². The monoisotopic (exact) mass is 314 g/mol. The molecular weight excluding hydrogens is 288 g/mol. The number of nitrogens with zero attached hydrogens (tertiary/aromatic N) is 1. The lowest BCUT2D eigenvalue weighted by molar-refractivity contribution is -0.0807. The number of ether oxygens (including phenoxy) is 2. The van der Waals surface area contributed by atoms with Crippen molar-refractivity contribution in [1.82, 2.24) is 4.98 Å². The molecule has 2 heterocycles. The predicted molar refractivity (Wildman–Crippen MR) is 94.1 cm³/mol. The highest BCUT2D eigenvalue weighted by Crippen LogP contribution is 2.31. The Morgan fingerprint density at radius 2 is 2.00 bits per heavy atom. The number of rotatable bonds is 5. The minimum atomic E-state index is -0.137. The van der Waals surface area contributed by atoms with E-state index in [1.807, 2.05) is 13.2 Å². The van der Waals surface area contributed by atoms with E-state index in [0.717, 1.165) is 50.2 Å². The van der Waals surface area contributed by atoms with Crippen molar-refractivity contribution in [1.29, 1.82) is 0 Å².